The number of benzene rings is 1. The zero-order chi connectivity index (χ0) is 21.1. The Labute approximate surface area is 176 Å². The first kappa shape index (κ1) is 18.0. The number of urea groups is 1. The molecular weight excluding hydrogens is 400 g/mol. The molecule has 0 unspecified atom stereocenters. The number of aromatic nitrogens is 4. The van der Waals surface area contributed by atoms with Crippen LogP contribution in [0.3, 0.4) is 0 Å². The highest BCUT2D eigenvalue weighted by molar-refractivity contribution is 5.85. The molecule has 31 heavy (non-hydrogen) atoms. The maximum Gasteiger partial charge on any atom is 0.315 e. The van der Waals surface area contributed by atoms with Crippen molar-refractivity contribution in [1.29, 1.82) is 0 Å². The number of nitrogens with zero attached hydrogens (tertiary/aromatic N) is 4. The number of amides is 2. The fourth-order valence-electron chi connectivity index (χ4n) is 4.51. The Morgan fingerprint density at radius 2 is 2.03 bits per heavy atom. The third-order valence-corrected chi connectivity index (χ3v) is 5.88. The Hall–Kier alpha value is -3.79. The lowest BCUT2D eigenvalue weighted by Gasteiger charge is -2.21. The van der Waals surface area contributed by atoms with E-state index in [0.717, 1.165) is 16.6 Å². The molecule has 1 fully saturated rings. The monoisotopic (exact) mass is 420 g/mol. The van der Waals surface area contributed by atoms with Crippen LogP contribution in [0.15, 0.2) is 36.7 Å². The lowest BCUT2D eigenvalue weighted by Crippen LogP contribution is -2.36. The Kier molecular flexibility index (Phi) is 3.84. The first-order valence-electron chi connectivity index (χ1n) is 10.1. The van der Waals surface area contributed by atoms with E-state index < -0.39 is 18.2 Å². The van der Waals surface area contributed by atoms with Gasteiger partial charge < -0.3 is 30.2 Å². The summed E-state index contributed by atoms with van der Waals surface area (Å²) in [5, 5.41) is 10.2. The molecule has 4 N–H and O–H groups in total. The molecule has 10 heteroatoms. The van der Waals surface area contributed by atoms with Gasteiger partial charge in [-0.05, 0) is 24.3 Å². The van der Waals surface area contributed by atoms with E-state index in [4.69, 9.17) is 20.2 Å². The molecule has 5 heterocycles. The van der Waals surface area contributed by atoms with Crippen LogP contribution in [-0.2, 0) is 0 Å². The summed E-state index contributed by atoms with van der Waals surface area (Å²) >= 11 is 0. The summed E-state index contributed by atoms with van der Waals surface area (Å²) in [5.41, 5.74) is 9.46. The molecule has 4 aromatic rings. The minimum atomic E-state index is -0.661. The highest BCUT2D eigenvalue weighted by Gasteiger charge is 2.38. The van der Waals surface area contributed by atoms with Gasteiger partial charge in [0, 0.05) is 24.7 Å². The number of hydrogen-bond acceptors (Lipinski definition) is 6. The Morgan fingerprint density at radius 1 is 1.19 bits per heavy atom. The number of nitrogens with two attached hydrogens (primary N) is 1. The zero-order valence-electron chi connectivity index (χ0n) is 16.5. The van der Waals surface area contributed by atoms with E-state index in [1.165, 1.54) is 4.90 Å². The molecule has 158 valence electrons. The van der Waals surface area contributed by atoms with Gasteiger partial charge in [-0.2, -0.15) is 0 Å². The number of aromatic amines is 1. The molecule has 3 aromatic heterocycles. The summed E-state index contributed by atoms with van der Waals surface area (Å²) in [6, 6.07) is 6.57. The number of imidazole rings is 1. The molecular formula is C21H20N6O4. The van der Waals surface area contributed by atoms with Gasteiger partial charge in [-0.25, -0.2) is 14.8 Å². The normalized spacial score (nSPS) is 20.6. The molecule has 2 atom stereocenters. The molecule has 6 rings (SSSR count). The van der Waals surface area contributed by atoms with Gasteiger partial charge in [0.2, 0.25) is 0 Å². The van der Waals surface area contributed by atoms with Gasteiger partial charge in [0.25, 0.3) is 0 Å². The molecule has 0 radical (unpaired) electrons. The molecule has 1 aromatic carbocycles. The van der Waals surface area contributed by atoms with Crippen molar-refractivity contribution >= 4 is 22.7 Å². The number of ether oxygens (including phenoxy) is 2. The number of rotatable bonds is 2. The molecule has 10 nitrogen and oxygen atoms in total. The molecule has 0 saturated carbocycles. The summed E-state index contributed by atoms with van der Waals surface area (Å²) in [6.45, 7) is 1.19. The van der Waals surface area contributed by atoms with Gasteiger partial charge in [0.05, 0.1) is 35.1 Å². The number of aliphatic hydroxyl groups excluding tert-OH is 1. The highest BCUT2D eigenvalue weighted by Crippen LogP contribution is 2.39. The fraction of sp³-hybridized carbons (Fsp3) is 0.286. The number of primary amides is 1. The van der Waals surface area contributed by atoms with E-state index >= 15 is 0 Å². The van der Waals surface area contributed by atoms with Crippen molar-refractivity contribution < 1.29 is 19.4 Å². The minimum absolute atomic E-state index is 0.176. The first-order valence-corrected chi connectivity index (χ1v) is 10.1. The van der Waals surface area contributed by atoms with Gasteiger partial charge in [0.15, 0.2) is 17.1 Å². The second kappa shape index (κ2) is 6.61. The summed E-state index contributed by atoms with van der Waals surface area (Å²) < 4.78 is 13.4. The van der Waals surface area contributed by atoms with Gasteiger partial charge in [-0.1, -0.05) is 0 Å². The van der Waals surface area contributed by atoms with Gasteiger partial charge >= 0.3 is 6.03 Å². The summed E-state index contributed by atoms with van der Waals surface area (Å²) in [6.07, 6.45) is 3.25. The summed E-state index contributed by atoms with van der Waals surface area (Å²) in [4.78, 5) is 26.1. The van der Waals surface area contributed by atoms with E-state index in [1.54, 1.807) is 12.4 Å². The van der Waals surface area contributed by atoms with Crippen molar-refractivity contribution in [3.05, 3.63) is 42.5 Å². The average Bonchev–Trinajstić information content (AvgIpc) is 3.48. The number of aliphatic hydroxyl groups is 1. The number of hydrogen-bond donors (Lipinski definition) is 3. The van der Waals surface area contributed by atoms with Crippen molar-refractivity contribution in [2.24, 2.45) is 5.73 Å². The van der Waals surface area contributed by atoms with Crippen LogP contribution in [0.1, 0.15) is 18.3 Å². The highest BCUT2D eigenvalue weighted by atomic mass is 16.6. The molecule has 0 aliphatic carbocycles. The van der Waals surface area contributed by atoms with E-state index in [-0.39, 0.29) is 6.54 Å². The fourth-order valence-corrected chi connectivity index (χ4v) is 4.51. The Bertz CT molecular complexity index is 1330. The predicted octanol–water partition coefficient (Wildman–Crippen LogP) is 1.84. The number of fused-ring (bicyclic) bond motifs is 4. The van der Waals surface area contributed by atoms with Gasteiger partial charge in [-0.3, -0.25) is 4.40 Å². The lowest BCUT2D eigenvalue weighted by atomic mass is 10.1. The molecule has 2 amide bonds. The van der Waals surface area contributed by atoms with E-state index in [0.29, 0.717) is 48.3 Å². The van der Waals surface area contributed by atoms with E-state index in [1.807, 2.05) is 28.7 Å². The zero-order valence-corrected chi connectivity index (χ0v) is 16.5. The minimum Gasteiger partial charge on any atom is -0.486 e. The standard InChI is InChI=1S/C21H20N6O4/c22-21(29)26-10-12(28)8-14(26)20-25-18(11-1-2-16-17(7-11)31-6-5-30-16)15-9-24-19-13(27(15)20)3-4-23-19/h1-4,7,9,12,14,23,28H,5-6,8,10H2,(H2,22,29)/t12-,14-/m1/s1. The summed E-state index contributed by atoms with van der Waals surface area (Å²) in [7, 11) is 0. The molecule has 0 bridgehead atoms. The van der Waals surface area contributed by atoms with Crippen molar-refractivity contribution in [3.8, 4) is 22.8 Å². The van der Waals surface area contributed by atoms with E-state index in [9.17, 15) is 9.90 Å². The largest absolute Gasteiger partial charge is 0.486 e. The van der Waals surface area contributed by atoms with E-state index in [2.05, 4.69) is 9.97 Å². The van der Waals surface area contributed by atoms with Crippen LogP contribution < -0.4 is 15.2 Å². The van der Waals surface area contributed by atoms with Crippen molar-refractivity contribution in [1.82, 2.24) is 24.3 Å². The van der Waals surface area contributed by atoms with Crippen molar-refractivity contribution in [3.63, 3.8) is 0 Å². The average molecular weight is 420 g/mol. The SMILES string of the molecule is NC(=O)N1C[C@H](O)C[C@@H]1c1nc(-c2ccc3c(c2)OCCO3)c2cnc3[nH]ccc3n12. The number of nitrogens with one attached hydrogen (secondary N) is 1. The quantitative estimate of drug-likeness (QED) is 0.453. The summed E-state index contributed by atoms with van der Waals surface area (Å²) in [5.74, 6) is 1.99. The number of H-pyrrole nitrogens is 1. The molecule has 2 aliphatic rings. The topological polar surface area (TPSA) is 131 Å². The van der Waals surface area contributed by atoms with Crippen LogP contribution in [0.5, 0.6) is 11.5 Å². The third kappa shape index (κ3) is 2.72. The van der Waals surface area contributed by atoms with Gasteiger partial charge in [-0.15, -0.1) is 0 Å². The molecule has 0 spiro atoms. The maximum absolute atomic E-state index is 12.1. The van der Waals surface area contributed by atoms with Crippen LogP contribution in [0.4, 0.5) is 4.79 Å². The van der Waals surface area contributed by atoms with Crippen LogP contribution in [0.2, 0.25) is 0 Å². The number of likely N-dealkylation sites (tertiary alicyclic amines) is 1. The molecule has 1 saturated heterocycles. The van der Waals surface area contributed by atoms with Crippen LogP contribution in [-0.4, -0.2) is 61.3 Å². The van der Waals surface area contributed by atoms with Gasteiger partial charge in [0.1, 0.15) is 19.0 Å². The van der Waals surface area contributed by atoms with Crippen molar-refractivity contribution in [2.45, 2.75) is 18.6 Å². The second-order valence-corrected chi connectivity index (χ2v) is 7.76. The second-order valence-electron chi connectivity index (χ2n) is 7.76. The van der Waals surface area contributed by atoms with Crippen LogP contribution in [0, 0.1) is 0 Å². The number of carbonyl (C=O) groups excluding carboxylic acids is 1. The molecule has 2 aliphatic heterocycles. The Morgan fingerprint density at radius 3 is 2.87 bits per heavy atom. The smallest absolute Gasteiger partial charge is 0.315 e. The Balaban J connectivity index is 1.59. The maximum atomic E-state index is 12.1. The third-order valence-electron chi connectivity index (χ3n) is 5.88. The first-order chi connectivity index (χ1) is 15.1. The van der Waals surface area contributed by atoms with Crippen LogP contribution >= 0.6 is 0 Å². The predicted molar refractivity (Wildman–Crippen MR) is 111 cm³/mol. The lowest BCUT2D eigenvalue weighted by molar-refractivity contribution is 0.171. The van der Waals surface area contributed by atoms with Crippen LogP contribution in [0.25, 0.3) is 27.9 Å². The van der Waals surface area contributed by atoms with Crippen molar-refractivity contribution in [2.75, 3.05) is 19.8 Å². The number of β-amino-alcohol motifs (C(OH)–C–C–N with tert-alkyl or cyclic N) is 1. The number of carbonyl (C=O) groups is 1.